The molecule has 1 aromatic heterocycles. The van der Waals surface area contributed by atoms with Crippen molar-refractivity contribution >= 4 is 51.8 Å². The van der Waals surface area contributed by atoms with Crippen molar-refractivity contribution in [2.24, 2.45) is 17.3 Å². The van der Waals surface area contributed by atoms with E-state index in [0.717, 1.165) is 37.0 Å². The summed E-state index contributed by atoms with van der Waals surface area (Å²) in [6.45, 7) is 8.23. The molecule has 136 valence electrons. The van der Waals surface area contributed by atoms with Crippen LogP contribution in [-0.4, -0.2) is 17.0 Å². The van der Waals surface area contributed by atoms with E-state index in [1.165, 1.54) is 3.11 Å². The number of aromatic carboxylic acids is 1. The fourth-order valence-corrected chi connectivity index (χ4v) is 4.55. The number of rotatable bonds is 3. The van der Waals surface area contributed by atoms with Gasteiger partial charge in [0.2, 0.25) is 5.91 Å². The Bertz CT molecular complexity index is 715. The van der Waals surface area contributed by atoms with Crippen molar-refractivity contribution in [1.82, 2.24) is 0 Å². The lowest BCUT2D eigenvalue weighted by atomic mass is 9.82. The lowest BCUT2D eigenvalue weighted by Crippen LogP contribution is -2.31. The first-order chi connectivity index (χ1) is 11.6. The van der Waals surface area contributed by atoms with Gasteiger partial charge in [0, 0.05) is 11.3 Å². The number of halogens is 1. The first-order valence-corrected chi connectivity index (χ1v) is 10.3. The summed E-state index contributed by atoms with van der Waals surface area (Å²) in [4.78, 5) is 25.3. The smallest absolute Gasteiger partial charge is 0.348 e. The molecule has 1 aliphatic carbocycles. The molecule has 1 saturated carbocycles. The quantitative estimate of drug-likeness (QED) is 0.366. The molecule has 0 unspecified atom stereocenters. The first-order valence-electron chi connectivity index (χ1n) is 8.48. The van der Waals surface area contributed by atoms with Crippen LogP contribution in [0.2, 0.25) is 0 Å². The minimum atomic E-state index is -1.02. The Morgan fingerprint density at radius 3 is 2.40 bits per heavy atom. The van der Waals surface area contributed by atoms with Crippen LogP contribution in [0.3, 0.4) is 0 Å². The van der Waals surface area contributed by atoms with E-state index in [0.29, 0.717) is 16.5 Å². The molecule has 4 nitrogen and oxygen atoms in total. The molecule has 1 fully saturated rings. The van der Waals surface area contributed by atoms with E-state index >= 15 is 0 Å². The van der Waals surface area contributed by atoms with E-state index in [2.05, 4.69) is 18.8 Å². The first kappa shape index (κ1) is 20.2. The molecule has 25 heavy (non-hydrogen) atoms. The van der Waals surface area contributed by atoms with Gasteiger partial charge in [-0.1, -0.05) is 18.8 Å². The highest BCUT2D eigenvalue weighted by atomic mass is 127. The second kappa shape index (κ2) is 8.09. The third kappa shape index (κ3) is 5.45. The van der Waals surface area contributed by atoms with Crippen LogP contribution in [0.15, 0.2) is 6.07 Å². The van der Waals surface area contributed by atoms with Gasteiger partial charge in [0.1, 0.15) is 4.88 Å². The molecule has 1 N–H and O–H groups in total. The zero-order valence-electron chi connectivity index (χ0n) is 15.1. The van der Waals surface area contributed by atoms with Gasteiger partial charge in [-0.25, -0.2) is 4.79 Å². The Morgan fingerprint density at radius 2 is 1.88 bits per heavy atom. The highest BCUT2D eigenvalue weighted by Crippen LogP contribution is 2.36. The molecule has 0 radical (unpaired) electrons. The number of carboxylic acid groups (broad SMARTS) is 1. The van der Waals surface area contributed by atoms with E-state index in [-0.39, 0.29) is 22.1 Å². The summed E-state index contributed by atoms with van der Waals surface area (Å²) < 4.78 is 1.49. The molecule has 6 heteroatoms. The molecule has 0 aromatic carbocycles. The Kier molecular flexibility index (Phi) is 6.55. The zero-order chi connectivity index (χ0) is 18.8. The predicted molar refractivity (Wildman–Crippen MR) is 110 cm³/mol. The molecule has 0 atom stereocenters. The number of amides is 1. The SMILES string of the molecule is CC1CCC(C(=O)N(I)c2cc(C#CC(C)(C)C)sc2C(=O)O)CC1. The average Bonchev–Trinajstić information content (AvgIpc) is 2.96. The second-order valence-corrected chi connectivity index (χ2v) is 9.72. The van der Waals surface area contributed by atoms with Crippen LogP contribution >= 0.6 is 34.2 Å². The molecule has 0 aliphatic heterocycles. The molecule has 0 spiro atoms. The fourth-order valence-electron chi connectivity index (χ4n) is 2.78. The number of thiophene rings is 1. The van der Waals surface area contributed by atoms with Crippen molar-refractivity contribution in [3.63, 3.8) is 0 Å². The van der Waals surface area contributed by atoms with Crippen LogP contribution < -0.4 is 3.11 Å². The highest BCUT2D eigenvalue weighted by molar-refractivity contribution is 14.1. The van der Waals surface area contributed by atoms with Crippen LogP contribution in [0.4, 0.5) is 5.69 Å². The van der Waals surface area contributed by atoms with Crippen LogP contribution in [-0.2, 0) is 4.79 Å². The van der Waals surface area contributed by atoms with Gasteiger partial charge in [-0.15, -0.1) is 11.3 Å². The lowest BCUT2D eigenvalue weighted by Gasteiger charge is -2.27. The minimum Gasteiger partial charge on any atom is -0.477 e. The van der Waals surface area contributed by atoms with Crippen molar-refractivity contribution < 1.29 is 14.7 Å². The van der Waals surface area contributed by atoms with Crippen molar-refractivity contribution in [2.45, 2.75) is 53.4 Å². The van der Waals surface area contributed by atoms with Gasteiger partial charge in [0.15, 0.2) is 0 Å². The molecule has 1 heterocycles. The van der Waals surface area contributed by atoms with Gasteiger partial charge in [-0.3, -0.25) is 7.91 Å². The van der Waals surface area contributed by atoms with E-state index in [9.17, 15) is 14.7 Å². The summed E-state index contributed by atoms with van der Waals surface area (Å²) in [5.41, 5.74) is 0.284. The summed E-state index contributed by atoms with van der Waals surface area (Å²) in [6, 6.07) is 1.72. The third-order valence-corrected chi connectivity index (χ3v) is 6.26. The molecule has 1 aromatic rings. The summed E-state index contributed by atoms with van der Waals surface area (Å²) in [5.74, 6) is 5.80. The Morgan fingerprint density at radius 1 is 1.28 bits per heavy atom. The van der Waals surface area contributed by atoms with E-state index in [1.54, 1.807) is 6.07 Å². The summed E-state index contributed by atoms with van der Waals surface area (Å²) >= 11 is 3.07. The Labute approximate surface area is 167 Å². The lowest BCUT2D eigenvalue weighted by molar-refractivity contribution is -0.121. The van der Waals surface area contributed by atoms with Crippen molar-refractivity contribution in [2.75, 3.05) is 3.11 Å². The van der Waals surface area contributed by atoms with Crippen LogP contribution in [0.5, 0.6) is 0 Å². The zero-order valence-corrected chi connectivity index (χ0v) is 18.0. The number of hydrogen-bond acceptors (Lipinski definition) is 3. The van der Waals surface area contributed by atoms with Gasteiger partial charge in [-0.05, 0) is 58.4 Å². The number of carbonyl (C=O) groups is 2. The summed E-state index contributed by atoms with van der Waals surface area (Å²) in [6.07, 6.45) is 3.86. The van der Waals surface area contributed by atoms with Crippen LogP contribution in [0.25, 0.3) is 0 Å². The summed E-state index contributed by atoms with van der Waals surface area (Å²) in [7, 11) is 0. The van der Waals surface area contributed by atoms with Gasteiger partial charge < -0.3 is 5.11 Å². The normalized spacial score (nSPS) is 20.5. The number of carbonyl (C=O) groups excluding carboxylic acids is 1. The van der Waals surface area contributed by atoms with Gasteiger partial charge in [0.05, 0.1) is 33.4 Å². The van der Waals surface area contributed by atoms with E-state index < -0.39 is 5.97 Å². The molecule has 0 bridgehead atoms. The van der Waals surface area contributed by atoms with Crippen molar-refractivity contribution in [1.29, 1.82) is 0 Å². The van der Waals surface area contributed by atoms with Gasteiger partial charge >= 0.3 is 5.97 Å². The highest BCUT2D eigenvalue weighted by Gasteiger charge is 2.30. The van der Waals surface area contributed by atoms with Crippen LogP contribution in [0, 0.1) is 29.1 Å². The standard InChI is InChI=1S/C19H24INO3S/c1-12-5-7-13(8-6-12)17(22)21(20)15-11-14(9-10-19(2,3)4)25-16(15)18(23)24/h11-13H,5-8H2,1-4H3,(H,23,24). The average molecular weight is 473 g/mol. The topological polar surface area (TPSA) is 57.6 Å². The van der Waals surface area contributed by atoms with Gasteiger partial charge in [0.25, 0.3) is 0 Å². The van der Waals surface area contributed by atoms with Crippen molar-refractivity contribution in [3.8, 4) is 11.8 Å². The molecular formula is C19H24INO3S. The molecule has 1 aliphatic rings. The number of nitrogens with zero attached hydrogens (tertiary/aromatic N) is 1. The third-order valence-electron chi connectivity index (χ3n) is 4.24. The monoisotopic (exact) mass is 473 g/mol. The second-order valence-electron chi connectivity index (χ2n) is 7.71. The van der Waals surface area contributed by atoms with Crippen molar-refractivity contribution in [3.05, 3.63) is 15.8 Å². The largest absolute Gasteiger partial charge is 0.477 e. The van der Waals surface area contributed by atoms with Crippen LogP contribution in [0.1, 0.15) is 67.9 Å². The predicted octanol–water partition coefficient (Wildman–Crippen LogP) is 5.35. The Hall–Kier alpha value is -1.07. The molecule has 2 rings (SSSR count). The number of hydrogen-bond donors (Lipinski definition) is 1. The van der Waals surface area contributed by atoms with Gasteiger partial charge in [-0.2, -0.15) is 0 Å². The maximum Gasteiger partial charge on any atom is 0.348 e. The Balaban J connectivity index is 2.26. The molecule has 0 saturated heterocycles. The number of carboxylic acids is 1. The maximum absolute atomic E-state index is 12.8. The van der Waals surface area contributed by atoms with E-state index in [4.69, 9.17) is 0 Å². The maximum atomic E-state index is 12.8. The minimum absolute atomic E-state index is 0.00290. The number of anilines is 1. The fraction of sp³-hybridized carbons (Fsp3) is 0.579. The molecular weight excluding hydrogens is 449 g/mol. The summed E-state index contributed by atoms with van der Waals surface area (Å²) in [5, 5.41) is 9.50. The van der Waals surface area contributed by atoms with E-state index in [1.807, 2.05) is 43.6 Å². The molecule has 1 amide bonds.